The number of ether oxygens (including phenoxy) is 1. The third-order valence-electron chi connectivity index (χ3n) is 7.73. The highest BCUT2D eigenvalue weighted by atomic mass is 35.5. The van der Waals surface area contributed by atoms with Gasteiger partial charge in [0, 0.05) is 41.3 Å². The van der Waals surface area contributed by atoms with Crippen molar-refractivity contribution in [3.05, 3.63) is 86.8 Å². The van der Waals surface area contributed by atoms with Gasteiger partial charge in [-0.15, -0.1) is 0 Å². The van der Waals surface area contributed by atoms with Crippen molar-refractivity contribution in [2.75, 3.05) is 18.0 Å². The van der Waals surface area contributed by atoms with Crippen molar-refractivity contribution in [2.24, 2.45) is 0 Å². The third-order valence-corrected chi connectivity index (χ3v) is 8.36. The molecule has 42 heavy (non-hydrogen) atoms. The third kappa shape index (κ3) is 5.45. The first-order valence-electron chi connectivity index (χ1n) is 13.8. The van der Waals surface area contributed by atoms with E-state index in [-0.39, 0.29) is 6.10 Å². The lowest BCUT2D eigenvalue weighted by molar-refractivity contribution is 0.0246. The van der Waals surface area contributed by atoms with Gasteiger partial charge in [0.15, 0.2) is 11.6 Å². The van der Waals surface area contributed by atoms with Crippen LogP contribution in [-0.2, 0) is 11.3 Å². The first kappa shape index (κ1) is 26.9. The molecule has 2 fully saturated rings. The Bertz CT molecular complexity index is 1730. The lowest BCUT2D eigenvalue weighted by atomic mass is 10.0. The van der Waals surface area contributed by atoms with Crippen molar-refractivity contribution in [3.63, 3.8) is 0 Å². The molecule has 10 nitrogen and oxygen atoms in total. The van der Waals surface area contributed by atoms with Gasteiger partial charge in [0.25, 0.3) is 0 Å². The van der Waals surface area contributed by atoms with Crippen LogP contribution in [-0.4, -0.2) is 44.5 Å². The van der Waals surface area contributed by atoms with Crippen LogP contribution >= 0.6 is 23.2 Å². The Labute approximate surface area is 250 Å². The lowest BCUT2D eigenvalue weighted by Crippen LogP contribution is -2.37. The summed E-state index contributed by atoms with van der Waals surface area (Å²) in [6.45, 7) is 2.07. The minimum atomic E-state index is -0.588. The summed E-state index contributed by atoms with van der Waals surface area (Å²) in [5.74, 6) is 1.68. The molecular weight excluding hydrogens is 579 g/mol. The predicted octanol–water partition coefficient (Wildman–Crippen LogP) is 6.51. The molecule has 3 aromatic heterocycles. The largest absolute Gasteiger partial charge is 0.439 e. The topological polar surface area (TPSA) is 123 Å². The van der Waals surface area contributed by atoms with Crippen LogP contribution < -0.4 is 10.7 Å². The summed E-state index contributed by atoms with van der Waals surface area (Å²) in [5.41, 5.74) is 4.88. The van der Waals surface area contributed by atoms with Gasteiger partial charge in [0.05, 0.1) is 40.8 Å². The van der Waals surface area contributed by atoms with E-state index in [0.717, 1.165) is 66.9 Å². The summed E-state index contributed by atoms with van der Waals surface area (Å²) in [6.07, 6.45) is 7.74. The van der Waals surface area contributed by atoms with Gasteiger partial charge in [-0.1, -0.05) is 63.8 Å². The first-order valence-corrected chi connectivity index (χ1v) is 14.6. The number of rotatable bonds is 8. The number of anilines is 1. The highest BCUT2D eigenvalue weighted by molar-refractivity contribution is 6.39. The van der Waals surface area contributed by atoms with Gasteiger partial charge < -0.3 is 14.2 Å². The lowest BCUT2D eigenvalue weighted by Gasteiger charge is -2.33. The molecular formula is C30H26Cl2N6O4. The first-order chi connectivity index (χ1) is 20.5. The average molecular weight is 605 g/mol. The number of aromatic amines is 1. The highest BCUT2D eigenvalue weighted by Crippen LogP contribution is 2.46. The molecule has 0 radical (unpaired) electrons. The zero-order valence-electron chi connectivity index (χ0n) is 22.4. The van der Waals surface area contributed by atoms with Gasteiger partial charge in [-0.3, -0.25) is 9.51 Å². The van der Waals surface area contributed by atoms with Crippen LogP contribution in [0.1, 0.15) is 42.9 Å². The molecule has 1 aliphatic carbocycles. The SMILES string of the molecule is O=c1[nH]c(-c2ccc(-c3ncc(N4CCC(OCc5c(-c6c(Cl)cccc6Cl)noc5C5CC5)CC4)cn3)cc2)no1. The molecule has 1 saturated heterocycles. The summed E-state index contributed by atoms with van der Waals surface area (Å²) in [4.78, 5) is 25.2. The number of aromatic nitrogens is 5. The van der Waals surface area contributed by atoms with Crippen LogP contribution in [0.5, 0.6) is 0 Å². The second-order valence-electron chi connectivity index (χ2n) is 10.5. The van der Waals surface area contributed by atoms with Gasteiger partial charge >= 0.3 is 5.76 Å². The second kappa shape index (κ2) is 11.4. The molecule has 2 aromatic carbocycles. The Morgan fingerprint density at radius 3 is 2.24 bits per heavy atom. The van der Waals surface area contributed by atoms with E-state index in [2.05, 4.69) is 34.7 Å². The fourth-order valence-corrected chi connectivity index (χ4v) is 5.87. The Balaban J connectivity index is 0.978. The van der Waals surface area contributed by atoms with E-state index in [1.165, 1.54) is 0 Å². The van der Waals surface area contributed by atoms with Gasteiger partial charge in [0.1, 0.15) is 11.5 Å². The van der Waals surface area contributed by atoms with Crippen molar-refractivity contribution in [1.82, 2.24) is 25.3 Å². The molecule has 4 heterocycles. The molecule has 2 aliphatic rings. The minimum absolute atomic E-state index is 0.108. The Morgan fingerprint density at radius 2 is 1.60 bits per heavy atom. The van der Waals surface area contributed by atoms with E-state index in [0.29, 0.717) is 45.5 Å². The molecule has 0 atom stereocenters. The van der Waals surface area contributed by atoms with Gasteiger partial charge in [-0.2, -0.15) is 0 Å². The number of hydrogen-bond acceptors (Lipinski definition) is 9. The quantitative estimate of drug-likeness (QED) is 0.211. The maximum atomic E-state index is 11.2. The molecule has 0 bridgehead atoms. The van der Waals surface area contributed by atoms with Crippen LogP contribution in [0.2, 0.25) is 10.0 Å². The molecule has 1 N–H and O–H groups in total. The summed E-state index contributed by atoms with van der Waals surface area (Å²) >= 11 is 13.0. The van der Waals surface area contributed by atoms with Crippen LogP contribution in [0.4, 0.5) is 5.69 Å². The molecule has 0 amide bonds. The summed E-state index contributed by atoms with van der Waals surface area (Å²) in [7, 11) is 0. The van der Waals surface area contributed by atoms with Crippen molar-refractivity contribution in [3.8, 4) is 34.0 Å². The molecule has 1 saturated carbocycles. The fraction of sp³-hybridized carbons (Fsp3) is 0.300. The van der Waals surface area contributed by atoms with Crippen LogP contribution in [0.15, 0.2) is 68.7 Å². The minimum Gasteiger partial charge on any atom is -0.373 e. The summed E-state index contributed by atoms with van der Waals surface area (Å²) in [5, 5.41) is 9.17. The maximum absolute atomic E-state index is 11.2. The predicted molar refractivity (Wildman–Crippen MR) is 158 cm³/mol. The van der Waals surface area contributed by atoms with Crippen LogP contribution in [0.25, 0.3) is 34.0 Å². The normalized spacial score (nSPS) is 15.8. The number of benzene rings is 2. The van der Waals surface area contributed by atoms with Crippen LogP contribution in [0, 0.1) is 0 Å². The fourth-order valence-electron chi connectivity index (χ4n) is 5.30. The Hall–Kier alpha value is -3.99. The van der Waals surface area contributed by atoms with E-state index in [1.807, 2.05) is 54.9 Å². The van der Waals surface area contributed by atoms with Crippen molar-refractivity contribution in [2.45, 2.75) is 44.3 Å². The van der Waals surface area contributed by atoms with Gasteiger partial charge in [-0.05, 0) is 37.8 Å². The Kier molecular flexibility index (Phi) is 7.27. The van der Waals surface area contributed by atoms with Crippen molar-refractivity contribution < 1.29 is 13.8 Å². The number of piperidine rings is 1. The van der Waals surface area contributed by atoms with E-state index in [4.69, 9.17) is 32.5 Å². The van der Waals surface area contributed by atoms with Crippen molar-refractivity contribution >= 4 is 28.9 Å². The second-order valence-corrected chi connectivity index (χ2v) is 11.3. The molecule has 0 spiro atoms. The molecule has 0 unspecified atom stereocenters. The van der Waals surface area contributed by atoms with Gasteiger partial charge in [-0.25, -0.2) is 14.8 Å². The number of nitrogens with zero attached hydrogens (tertiary/aromatic N) is 5. The molecule has 5 aromatic rings. The molecule has 7 rings (SSSR count). The smallest absolute Gasteiger partial charge is 0.373 e. The van der Waals surface area contributed by atoms with E-state index in [1.54, 1.807) is 0 Å². The zero-order valence-corrected chi connectivity index (χ0v) is 23.9. The molecule has 1 aliphatic heterocycles. The number of hydrogen-bond donors (Lipinski definition) is 1. The van der Waals surface area contributed by atoms with E-state index >= 15 is 0 Å². The Morgan fingerprint density at radius 1 is 0.905 bits per heavy atom. The zero-order chi connectivity index (χ0) is 28.6. The van der Waals surface area contributed by atoms with Crippen LogP contribution in [0.3, 0.4) is 0 Å². The standard InChI is InChI=1S/C30H26Cl2N6O4/c31-23-2-1-3-24(32)25(23)26-22(27(41-36-26)17-4-5-17)16-40-21-10-12-38(13-11-21)20-14-33-28(34-15-20)18-6-8-19(9-7-18)29-35-30(39)42-37-29/h1-3,6-9,14-15,17,21H,4-5,10-13,16H2,(H,35,37,39). The number of nitrogens with one attached hydrogen (secondary N) is 1. The molecule has 12 heteroatoms. The number of halogens is 2. The number of H-pyrrole nitrogens is 1. The summed E-state index contributed by atoms with van der Waals surface area (Å²) < 4.78 is 16.8. The average Bonchev–Trinajstić information content (AvgIpc) is 3.64. The van der Waals surface area contributed by atoms with Crippen molar-refractivity contribution in [1.29, 1.82) is 0 Å². The monoisotopic (exact) mass is 604 g/mol. The highest BCUT2D eigenvalue weighted by Gasteiger charge is 2.34. The van der Waals surface area contributed by atoms with Gasteiger partial charge in [0.2, 0.25) is 0 Å². The maximum Gasteiger partial charge on any atom is 0.439 e. The van der Waals surface area contributed by atoms with E-state index in [9.17, 15) is 4.79 Å². The van der Waals surface area contributed by atoms with E-state index < -0.39 is 5.76 Å². The molecule has 214 valence electrons. The summed E-state index contributed by atoms with van der Waals surface area (Å²) in [6, 6.07) is 12.9.